The maximum atomic E-state index is 13.8. The number of methoxy groups -OCH3 is 3. The van der Waals surface area contributed by atoms with Gasteiger partial charge in [-0.05, 0) is 71.6 Å². The van der Waals surface area contributed by atoms with E-state index in [4.69, 9.17) is 18.6 Å². The molecule has 1 N–H and O–H groups in total. The Labute approximate surface area is 223 Å². The van der Waals surface area contributed by atoms with E-state index in [1.54, 1.807) is 39.5 Å². The van der Waals surface area contributed by atoms with Gasteiger partial charge in [0.1, 0.15) is 28.8 Å². The van der Waals surface area contributed by atoms with Gasteiger partial charge in [-0.2, -0.15) is 0 Å². The van der Waals surface area contributed by atoms with Gasteiger partial charge in [0, 0.05) is 26.8 Å². The number of halogens is 1. The Hall–Kier alpha value is -3.65. The molecule has 0 bridgehead atoms. The van der Waals surface area contributed by atoms with Crippen LogP contribution in [0.25, 0.3) is 0 Å². The molecule has 0 radical (unpaired) electrons. The summed E-state index contributed by atoms with van der Waals surface area (Å²) in [6.07, 6.45) is 0.820. The van der Waals surface area contributed by atoms with E-state index in [9.17, 15) is 9.50 Å². The minimum Gasteiger partial charge on any atom is -0.497 e. The van der Waals surface area contributed by atoms with Crippen molar-refractivity contribution < 1.29 is 28.1 Å². The van der Waals surface area contributed by atoms with E-state index >= 15 is 0 Å². The molecule has 0 spiro atoms. The molecular weight excluding hydrogens is 485 g/mol. The third-order valence-electron chi connectivity index (χ3n) is 6.53. The summed E-state index contributed by atoms with van der Waals surface area (Å²) in [4.78, 5) is 2.18. The second kappa shape index (κ2) is 12.7. The Morgan fingerprint density at radius 2 is 1.45 bits per heavy atom. The molecule has 0 amide bonds. The zero-order valence-corrected chi connectivity index (χ0v) is 22.0. The van der Waals surface area contributed by atoms with Crippen LogP contribution in [0.4, 0.5) is 4.39 Å². The van der Waals surface area contributed by atoms with Crippen LogP contribution >= 0.6 is 0 Å². The summed E-state index contributed by atoms with van der Waals surface area (Å²) in [6, 6.07) is 24.8. The van der Waals surface area contributed by atoms with E-state index < -0.39 is 5.60 Å². The molecule has 0 aliphatic heterocycles. The Morgan fingerprint density at radius 1 is 0.816 bits per heavy atom. The Morgan fingerprint density at radius 3 is 2.00 bits per heavy atom. The summed E-state index contributed by atoms with van der Waals surface area (Å²) in [5, 5.41) is 12.2. The number of benzene rings is 3. The number of hydrogen-bond donors (Lipinski definition) is 1. The van der Waals surface area contributed by atoms with Crippen molar-refractivity contribution in [1.29, 1.82) is 0 Å². The average Bonchev–Trinajstić information content (AvgIpc) is 3.42. The summed E-state index contributed by atoms with van der Waals surface area (Å²) < 4.78 is 36.0. The van der Waals surface area contributed by atoms with Crippen molar-refractivity contribution in [2.45, 2.75) is 25.1 Å². The highest BCUT2D eigenvalue weighted by Crippen LogP contribution is 2.39. The van der Waals surface area contributed by atoms with Crippen molar-refractivity contribution in [2.75, 3.05) is 34.5 Å². The molecule has 0 atom stereocenters. The van der Waals surface area contributed by atoms with Gasteiger partial charge in [-0.3, -0.25) is 4.90 Å². The third-order valence-corrected chi connectivity index (χ3v) is 6.53. The molecule has 0 fully saturated rings. The van der Waals surface area contributed by atoms with Crippen LogP contribution in [-0.4, -0.2) is 44.5 Å². The molecule has 6 nitrogen and oxygen atoms in total. The Bertz CT molecular complexity index is 1240. The molecule has 0 aliphatic carbocycles. The van der Waals surface area contributed by atoms with Crippen LogP contribution in [0.3, 0.4) is 0 Å². The van der Waals surface area contributed by atoms with E-state index in [1.807, 2.05) is 60.7 Å². The minimum absolute atomic E-state index is 0.260. The lowest BCUT2D eigenvalue weighted by atomic mass is 9.84. The van der Waals surface area contributed by atoms with Gasteiger partial charge in [0.15, 0.2) is 5.60 Å². The van der Waals surface area contributed by atoms with Crippen LogP contribution in [-0.2, 0) is 23.4 Å². The second-order valence-electron chi connectivity index (χ2n) is 9.12. The van der Waals surface area contributed by atoms with Crippen LogP contribution in [0.1, 0.15) is 34.6 Å². The molecule has 0 unspecified atom stereocenters. The summed E-state index contributed by atoms with van der Waals surface area (Å²) in [6.45, 7) is 2.40. The number of furan rings is 1. The smallest absolute Gasteiger partial charge is 0.173 e. The lowest BCUT2D eigenvalue weighted by Crippen LogP contribution is -2.28. The molecule has 200 valence electrons. The summed E-state index contributed by atoms with van der Waals surface area (Å²) in [5.74, 6) is 2.20. The van der Waals surface area contributed by atoms with Gasteiger partial charge in [-0.15, -0.1) is 0 Å². The fraction of sp³-hybridized carbons (Fsp3) is 0.290. The molecule has 4 aromatic rings. The standard InChI is InChI=1S/C31H34FNO5/c1-35-19-5-18-33(21-23-6-4-7-26(32)20-23)22-29-16-17-30(38-29)31(34,24-8-12-27(36-2)13-9-24)25-10-14-28(37-3)15-11-25/h4,6-17,20,34H,5,18-19,21-22H2,1-3H3. The highest BCUT2D eigenvalue weighted by atomic mass is 19.1. The first-order valence-corrected chi connectivity index (χ1v) is 12.5. The quantitative estimate of drug-likeness (QED) is 0.227. The van der Waals surface area contributed by atoms with Gasteiger partial charge in [0.2, 0.25) is 0 Å². The summed E-state index contributed by atoms with van der Waals surface area (Å²) in [7, 11) is 4.88. The first-order valence-electron chi connectivity index (χ1n) is 12.5. The molecule has 0 saturated heterocycles. The lowest BCUT2D eigenvalue weighted by Gasteiger charge is -2.28. The number of hydrogen-bond acceptors (Lipinski definition) is 6. The lowest BCUT2D eigenvalue weighted by molar-refractivity contribution is 0.0946. The van der Waals surface area contributed by atoms with Crippen molar-refractivity contribution in [2.24, 2.45) is 0 Å². The fourth-order valence-corrected chi connectivity index (χ4v) is 4.53. The average molecular weight is 520 g/mol. The first-order chi connectivity index (χ1) is 18.5. The van der Waals surface area contributed by atoms with Gasteiger partial charge in [0.25, 0.3) is 0 Å². The third kappa shape index (κ3) is 6.42. The molecule has 1 heterocycles. The van der Waals surface area contributed by atoms with Crippen LogP contribution in [0, 0.1) is 5.82 Å². The number of aliphatic hydroxyl groups is 1. The minimum atomic E-state index is -1.54. The highest BCUT2D eigenvalue weighted by Gasteiger charge is 2.37. The molecule has 4 rings (SSSR count). The molecular formula is C31H34FNO5. The van der Waals surface area contributed by atoms with Crippen LogP contribution < -0.4 is 9.47 Å². The SMILES string of the molecule is COCCCN(Cc1cccc(F)c1)Cc1ccc(C(O)(c2ccc(OC)cc2)c2ccc(OC)cc2)o1. The maximum Gasteiger partial charge on any atom is 0.173 e. The molecule has 3 aromatic carbocycles. The second-order valence-corrected chi connectivity index (χ2v) is 9.12. The Kier molecular flexibility index (Phi) is 9.18. The molecule has 7 heteroatoms. The van der Waals surface area contributed by atoms with Gasteiger partial charge >= 0.3 is 0 Å². The molecule has 38 heavy (non-hydrogen) atoms. The monoisotopic (exact) mass is 519 g/mol. The van der Waals surface area contributed by atoms with E-state index in [1.165, 1.54) is 6.07 Å². The molecule has 0 aliphatic rings. The Balaban J connectivity index is 1.65. The van der Waals surface area contributed by atoms with Gasteiger partial charge in [0.05, 0.1) is 20.8 Å². The zero-order valence-electron chi connectivity index (χ0n) is 22.0. The van der Waals surface area contributed by atoms with E-state index in [0.717, 1.165) is 18.5 Å². The summed E-state index contributed by atoms with van der Waals surface area (Å²) >= 11 is 0. The van der Waals surface area contributed by atoms with Crippen molar-refractivity contribution >= 4 is 0 Å². The number of nitrogens with zero attached hydrogens (tertiary/aromatic N) is 1. The van der Waals surface area contributed by atoms with Crippen molar-refractivity contribution in [1.82, 2.24) is 4.90 Å². The van der Waals surface area contributed by atoms with Crippen LogP contribution in [0.5, 0.6) is 11.5 Å². The van der Waals surface area contributed by atoms with Gasteiger partial charge in [-0.25, -0.2) is 4.39 Å². The van der Waals surface area contributed by atoms with Gasteiger partial charge in [-0.1, -0.05) is 36.4 Å². The predicted octanol–water partition coefficient (Wildman–Crippen LogP) is 5.76. The normalized spacial score (nSPS) is 11.6. The maximum absolute atomic E-state index is 13.8. The zero-order chi connectivity index (χ0) is 27.0. The number of ether oxygens (including phenoxy) is 3. The van der Waals surface area contributed by atoms with Crippen LogP contribution in [0.15, 0.2) is 89.3 Å². The van der Waals surface area contributed by atoms with E-state index in [2.05, 4.69) is 4.90 Å². The van der Waals surface area contributed by atoms with E-state index in [-0.39, 0.29) is 5.82 Å². The van der Waals surface area contributed by atoms with Crippen molar-refractivity contribution in [3.05, 3.63) is 119 Å². The topological polar surface area (TPSA) is 64.3 Å². The van der Waals surface area contributed by atoms with E-state index in [0.29, 0.717) is 53.8 Å². The molecule has 0 saturated carbocycles. The predicted molar refractivity (Wildman–Crippen MR) is 144 cm³/mol. The molecule has 1 aromatic heterocycles. The number of rotatable bonds is 13. The highest BCUT2D eigenvalue weighted by molar-refractivity contribution is 5.46. The van der Waals surface area contributed by atoms with Crippen molar-refractivity contribution in [3.8, 4) is 11.5 Å². The van der Waals surface area contributed by atoms with Crippen molar-refractivity contribution in [3.63, 3.8) is 0 Å². The first kappa shape index (κ1) is 27.4. The van der Waals surface area contributed by atoms with Gasteiger partial charge < -0.3 is 23.7 Å². The fourth-order valence-electron chi connectivity index (χ4n) is 4.53. The van der Waals surface area contributed by atoms with Crippen LogP contribution in [0.2, 0.25) is 0 Å². The summed E-state index contributed by atoms with van der Waals surface area (Å²) in [5.41, 5.74) is 0.615. The largest absolute Gasteiger partial charge is 0.497 e.